The van der Waals surface area contributed by atoms with Crippen LogP contribution in [0, 0.1) is 0 Å². The van der Waals surface area contributed by atoms with Gasteiger partial charge in [-0.3, -0.25) is 4.57 Å². The second-order valence-corrected chi connectivity index (χ2v) is 4.13. The highest BCUT2D eigenvalue weighted by Crippen LogP contribution is 2.33. The van der Waals surface area contributed by atoms with Crippen molar-refractivity contribution in [1.82, 2.24) is 14.7 Å². The molecule has 0 fully saturated rings. The summed E-state index contributed by atoms with van der Waals surface area (Å²) in [6, 6.07) is 7.93. The van der Waals surface area contributed by atoms with Gasteiger partial charge >= 0.3 is 0 Å². The fraction of sp³-hybridized carbons (Fsp3) is 0.0909. The highest BCUT2D eigenvalue weighted by molar-refractivity contribution is 6.13. The quantitative estimate of drug-likeness (QED) is 0.441. The van der Waals surface area contributed by atoms with Crippen LogP contribution in [0.2, 0.25) is 0 Å². The minimum absolute atomic E-state index is 0.304. The van der Waals surface area contributed by atoms with Crippen molar-refractivity contribution in [2.24, 2.45) is 10.2 Å². The highest BCUT2D eigenvalue weighted by Gasteiger charge is 2.38. The number of hydrogen-bond donors (Lipinski definition) is 0. The number of hydrogen-bond acceptors (Lipinski definition) is 4. The summed E-state index contributed by atoms with van der Waals surface area (Å²) in [4.78, 5) is 11.4. The van der Waals surface area contributed by atoms with E-state index in [1.807, 2.05) is 28.8 Å². The van der Waals surface area contributed by atoms with Crippen molar-refractivity contribution >= 4 is 11.7 Å². The molecule has 0 aliphatic carbocycles. The number of rotatable bonds is 1. The number of hydrazine groups is 1. The van der Waals surface area contributed by atoms with Gasteiger partial charge in [-0.25, -0.2) is 9.98 Å². The molecule has 3 heterocycles. The van der Waals surface area contributed by atoms with Crippen molar-refractivity contribution in [3.05, 3.63) is 52.8 Å². The number of para-hydroxylation sites is 1. The summed E-state index contributed by atoms with van der Waals surface area (Å²) in [5, 5.41) is 6.89. The molecular weight excluding hydrogens is 244 g/mol. The summed E-state index contributed by atoms with van der Waals surface area (Å²) in [6.07, 6.45) is 3.45. The van der Waals surface area contributed by atoms with Crippen molar-refractivity contribution in [3.63, 3.8) is 0 Å². The van der Waals surface area contributed by atoms with Crippen LogP contribution in [0.5, 0.6) is 0 Å². The maximum absolute atomic E-state index is 8.63. The first-order valence-electron chi connectivity index (χ1n) is 5.69. The van der Waals surface area contributed by atoms with Gasteiger partial charge in [0.05, 0.1) is 11.9 Å². The number of benzene rings is 1. The second kappa shape index (κ2) is 3.50. The lowest BCUT2D eigenvalue weighted by Gasteiger charge is -2.28. The van der Waals surface area contributed by atoms with Gasteiger partial charge in [-0.2, -0.15) is 4.91 Å². The van der Waals surface area contributed by atoms with E-state index in [1.54, 1.807) is 17.5 Å². The number of aromatic nitrogens is 2. The zero-order valence-electron chi connectivity index (χ0n) is 9.75. The van der Waals surface area contributed by atoms with Gasteiger partial charge in [-0.1, -0.05) is 12.1 Å². The topological polar surface area (TPSA) is 85.4 Å². The zero-order valence-corrected chi connectivity index (χ0v) is 9.75. The van der Waals surface area contributed by atoms with Crippen LogP contribution in [0.1, 0.15) is 5.56 Å². The van der Waals surface area contributed by atoms with Crippen LogP contribution in [0.4, 0.5) is 5.82 Å². The third-order valence-corrected chi connectivity index (χ3v) is 3.16. The monoisotopic (exact) mass is 252 g/mol. The van der Waals surface area contributed by atoms with Gasteiger partial charge in [0.1, 0.15) is 6.33 Å². The predicted molar refractivity (Wildman–Crippen MR) is 68.4 cm³/mol. The van der Waals surface area contributed by atoms with Gasteiger partial charge in [0.25, 0.3) is 0 Å². The van der Waals surface area contributed by atoms with Crippen molar-refractivity contribution in [2.75, 3.05) is 11.7 Å². The number of azide groups is 1. The normalized spacial score (nSPS) is 15.3. The largest absolute Gasteiger partial charge is 0.282 e. The van der Waals surface area contributed by atoms with E-state index in [1.165, 1.54) is 5.12 Å². The van der Waals surface area contributed by atoms with Gasteiger partial charge in [-0.15, -0.1) is 15.7 Å². The van der Waals surface area contributed by atoms with Crippen LogP contribution in [0.3, 0.4) is 0 Å². The first-order chi connectivity index (χ1) is 9.40. The molecular formula is C11H8N8. The Bertz CT molecular complexity index is 739. The second-order valence-electron chi connectivity index (χ2n) is 4.13. The van der Waals surface area contributed by atoms with Crippen molar-refractivity contribution in [1.29, 1.82) is 0 Å². The maximum Gasteiger partial charge on any atom is 0.207 e. The Morgan fingerprint density at radius 1 is 1.32 bits per heavy atom. The van der Waals surface area contributed by atoms with Crippen LogP contribution in [0.25, 0.3) is 16.1 Å². The molecule has 0 atom stereocenters. The lowest BCUT2D eigenvalue weighted by Crippen LogP contribution is -2.42. The lowest BCUT2D eigenvalue weighted by atomic mass is 10.1. The van der Waals surface area contributed by atoms with Crippen LogP contribution in [-0.4, -0.2) is 27.2 Å². The van der Waals surface area contributed by atoms with E-state index in [2.05, 4.69) is 20.1 Å². The molecule has 8 nitrogen and oxygen atoms in total. The standard InChI is InChI=1S/C11H8N8/c12-15-16-18-7-14-11-8-3-1-2-4-9(8)17-6-13-5-10(17)19(11)18/h1-6H,7H2. The van der Waals surface area contributed by atoms with Crippen molar-refractivity contribution < 1.29 is 0 Å². The summed E-state index contributed by atoms with van der Waals surface area (Å²) in [5.41, 5.74) is 10.6. The molecule has 2 aliphatic rings. The van der Waals surface area contributed by atoms with Crippen molar-refractivity contribution in [2.45, 2.75) is 0 Å². The summed E-state index contributed by atoms with van der Waals surface area (Å²) in [7, 11) is 0. The van der Waals surface area contributed by atoms with E-state index in [0.29, 0.717) is 6.67 Å². The Balaban J connectivity index is 1.99. The Labute approximate surface area is 107 Å². The first kappa shape index (κ1) is 9.98. The summed E-state index contributed by atoms with van der Waals surface area (Å²) in [5.74, 6) is 1.58. The van der Waals surface area contributed by atoms with Gasteiger partial charge < -0.3 is 0 Å². The number of amidine groups is 1. The van der Waals surface area contributed by atoms with E-state index in [9.17, 15) is 0 Å². The molecule has 0 N–H and O–H groups in total. The van der Waals surface area contributed by atoms with E-state index < -0.39 is 0 Å². The molecule has 1 aromatic heterocycles. The highest BCUT2D eigenvalue weighted by atomic mass is 15.9. The predicted octanol–water partition coefficient (Wildman–Crippen LogP) is 1.85. The van der Waals surface area contributed by atoms with Crippen molar-refractivity contribution in [3.8, 4) is 5.69 Å². The first-order valence-corrected chi connectivity index (χ1v) is 5.69. The molecule has 0 spiro atoms. The zero-order chi connectivity index (χ0) is 12.8. The summed E-state index contributed by atoms with van der Waals surface area (Å²) >= 11 is 0. The summed E-state index contributed by atoms with van der Waals surface area (Å²) < 4.78 is 1.94. The fourth-order valence-electron chi connectivity index (χ4n) is 2.41. The Hall–Kier alpha value is -2.99. The number of fused-ring (bicyclic) bond motifs is 6. The van der Waals surface area contributed by atoms with Gasteiger partial charge in [-0.05, 0) is 12.1 Å². The van der Waals surface area contributed by atoms with Crippen LogP contribution < -0.4 is 5.01 Å². The average Bonchev–Trinajstić information content (AvgIpc) is 3.05. The van der Waals surface area contributed by atoms with Gasteiger partial charge in [0.2, 0.25) is 6.67 Å². The van der Waals surface area contributed by atoms with Gasteiger partial charge in [0.15, 0.2) is 11.7 Å². The molecule has 19 heavy (non-hydrogen) atoms. The molecule has 92 valence electrons. The van der Waals surface area contributed by atoms with E-state index in [0.717, 1.165) is 22.9 Å². The Morgan fingerprint density at radius 3 is 3.11 bits per heavy atom. The van der Waals surface area contributed by atoms with Crippen LogP contribution in [0.15, 0.2) is 47.0 Å². The molecule has 2 aromatic rings. The molecule has 4 rings (SSSR count). The molecule has 8 heteroatoms. The third kappa shape index (κ3) is 1.20. The number of aliphatic imine (C=N–C) groups is 1. The van der Waals surface area contributed by atoms with Gasteiger partial charge in [0, 0.05) is 10.8 Å². The Morgan fingerprint density at radius 2 is 2.21 bits per heavy atom. The molecule has 2 aliphatic heterocycles. The summed E-state index contributed by atoms with van der Waals surface area (Å²) in [6.45, 7) is 0.304. The smallest absolute Gasteiger partial charge is 0.207 e. The van der Waals surface area contributed by atoms with Crippen LogP contribution in [-0.2, 0) is 0 Å². The van der Waals surface area contributed by atoms with E-state index in [-0.39, 0.29) is 0 Å². The number of anilines is 1. The number of nitrogens with zero attached hydrogens (tertiary/aromatic N) is 8. The average molecular weight is 252 g/mol. The molecule has 0 amide bonds. The maximum atomic E-state index is 8.63. The third-order valence-electron chi connectivity index (χ3n) is 3.16. The SMILES string of the molecule is [N-]=[N+]=NN1CN=C2c3ccccc3-n3cncc3N21. The van der Waals surface area contributed by atoms with E-state index in [4.69, 9.17) is 5.53 Å². The van der Waals surface area contributed by atoms with E-state index >= 15 is 0 Å². The molecule has 0 unspecified atom stereocenters. The van der Waals surface area contributed by atoms with Crippen LogP contribution >= 0.6 is 0 Å². The molecule has 0 saturated carbocycles. The molecule has 0 bridgehead atoms. The lowest BCUT2D eigenvalue weighted by molar-refractivity contribution is 0.324. The molecule has 0 saturated heterocycles. The molecule has 0 radical (unpaired) electrons. The Kier molecular flexibility index (Phi) is 1.84. The minimum Gasteiger partial charge on any atom is -0.282 e. The fourth-order valence-corrected chi connectivity index (χ4v) is 2.41. The minimum atomic E-state index is 0.304. The number of imidazole rings is 1. The molecule has 1 aromatic carbocycles.